The van der Waals surface area contributed by atoms with E-state index in [1.807, 2.05) is 4.68 Å². The lowest BCUT2D eigenvalue weighted by Gasteiger charge is -2.34. The van der Waals surface area contributed by atoms with Crippen LogP contribution in [0.15, 0.2) is 54.6 Å². The van der Waals surface area contributed by atoms with E-state index < -0.39 is 0 Å². The largest absolute Gasteiger partial charge is 0.378 e. The van der Waals surface area contributed by atoms with E-state index >= 15 is 0 Å². The first kappa shape index (κ1) is 21.5. The number of rotatable bonds is 7. The summed E-state index contributed by atoms with van der Waals surface area (Å²) in [6.07, 6.45) is 0. The van der Waals surface area contributed by atoms with Crippen LogP contribution in [-0.2, 0) is 6.54 Å². The van der Waals surface area contributed by atoms with Crippen molar-refractivity contribution in [2.75, 3.05) is 45.2 Å². The van der Waals surface area contributed by atoms with Crippen molar-refractivity contribution in [3.8, 4) is 0 Å². The van der Waals surface area contributed by atoms with Gasteiger partial charge in [-0.05, 0) is 36.4 Å². The molecule has 2 heterocycles. The Hall–Kier alpha value is -2.77. The number of quaternary nitrogens is 2. The second-order valence-corrected chi connectivity index (χ2v) is 9.06. The molecule has 0 aliphatic carbocycles. The smallest absolute Gasteiger partial charge is 0.214 e. The predicted molar refractivity (Wildman–Crippen MR) is 122 cm³/mol. The molecule has 0 unspecified atom stereocenters. The third kappa shape index (κ3) is 4.94. The average molecular weight is 422 g/mol. The van der Waals surface area contributed by atoms with Crippen molar-refractivity contribution in [1.82, 2.24) is 20.2 Å². The van der Waals surface area contributed by atoms with Gasteiger partial charge in [-0.15, -0.1) is 5.10 Å². The maximum atomic E-state index is 4.50. The first-order chi connectivity index (χ1) is 15.0. The molecule has 7 nitrogen and oxygen atoms in total. The summed E-state index contributed by atoms with van der Waals surface area (Å²) < 4.78 is 1.99. The minimum Gasteiger partial charge on any atom is -0.378 e. The quantitative estimate of drug-likeness (QED) is 0.580. The van der Waals surface area contributed by atoms with Gasteiger partial charge < -0.3 is 14.7 Å². The molecule has 0 spiro atoms. The van der Waals surface area contributed by atoms with E-state index in [-0.39, 0.29) is 12.1 Å². The first-order valence-electron chi connectivity index (χ1n) is 11.3. The third-order valence-electron chi connectivity index (χ3n) is 6.31. The van der Waals surface area contributed by atoms with Crippen molar-refractivity contribution in [3.05, 3.63) is 71.5 Å². The highest BCUT2D eigenvalue weighted by atomic mass is 15.6. The number of nitrogens with one attached hydrogen (secondary N) is 2. The molecule has 0 radical (unpaired) electrons. The van der Waals surface area contributed by atoms with Crippen LogP contribution in [0.2, 0.25) is 0 Å². The number of hydrogen-bond acceptors (Lipinski definition) is 4. The molecule has 1 saturated heterocycles. The molecule has 1 aliphatic heterocycles. The van der Waals surface area contributed by atoms with Gasteiger partial charge in [0.05, 0.1) is 6.04 Å². The van der Waals surface area contributed by atoms with Crippen molar-refractivity contribution in [1.29, 1.82) is 0 Å². The van der Waals surface area contributed by atoms with Gasteiger partial charge >= 0.3 is 0 Å². The fourth-order valence-electron chi connectivity index (χ4n) is 4.57. The Bertz CT molecular complexity index is 942. The predicted octanol–water partition coefficient (Wildman–Crippen LogP) is 0.393. The van der Waals surface area contributed by atoms with E-state index in [1.165, 1.54) is 16.8 Å². The number of nitrogens with zero attached hydrogens (tertiary/aromatic N) is 5. The summed E-state index contributed by atoms with van der Waals surface area (Å²) in [7, 11) is 4.15. The summed E-state index contributed by atoms with van der Waals surface area (Å²) >= 11 is 0. The maximum Gasteiger partial charge on any atom is 0.214 e. The number of anilines is 1. The standard InChI is InChI=1S/C24H33N7/c1-19(2)31-24(25-26-27-31)23(21-10-12-22(13-11-21)28(3)4)30-16-14-29(15-17-30)18-20-8-6-5-7-9-20/h5-13,19,23H,14-18H2,1-4H3/p+2/t23-/m1/s1. The van der Waals surface area contributed by atoms with E-state index in [2.05, 4.69) is 103 Å². The first-order valence-corrected chi connectivity index (χ1v) is 11.3. The monoisotopic (exact) mass is 421 g/mol. The molecule has 31 heavy (non-hydrogen) atoms. The fourth-order valence-corrected chi connectivity index (χ4v) is 4.57. The summed E-state index contributed by atoms with van der Waals surface area (Å²) in [6.45, 7) is 9.90. The van der Waals surface area contributed by atoms with E-state index in [1.54, 1.807) is 9.80 Å². The Labute approximate surface area is 185 Å². The number of piperazine rings is 1. The Morgan fingerprint density at radius 1 is 0.935 bits per heavy atom. The lowest BCUT2D eigenvalue weighted by atomic mass is 10.0. The van der Waals surface area contributed by atoms with E-state index in [4.69, 9.17) is 0 Å². The van der Waals surface area contributed by atoms with Gasteiger partial charge in [0, 0.05) is 30.9 Å². The lowest BCUT2D eigenvalue weighted by Crippen LogP contribution is -3.27. The molecule has 0 bridgehead atoms. The second-order valence-electron chi connectivity index (χ2n) is 9.06. The normalized spacial score (nSPS) is 20.0. The summed E-state index contributed by atoms with van der Waals surface area (Å²) in [5.41, 5.74) is 3.91. The molecular weight excluding hydrogens is 386 g/mol. The Balaban J connectivity index is 1.56. The van der Waals surface area contributed by atoms with Crippen LogP contribution in [0, 0.1) is 0 Å². The zero-order chi connectivity index (χ0) is 21.8. The minimum atomic E-state index is 0.145. The van der Waals surface area contributed by atoms with Crippen molar-refractivity contribution in [2.24, 2.45) is 0 Å². The number of hydrogen-bond donors (Lipinski definition) is 2. The van der Waals surface area contributed by atoms with Crippen LogP contribution in [0.3, 0.4) is 0 Å². The highest BCUT2D eigenvalue weighted by Gasteiger charge is 2.36. The maximum absolute atomic E-state index is 4.50. The molecule has 2 aromatic carbocycles. The van der Waals surface area contributed by atoms with Gasteiger partial charge in [-0.2, -0.15) is 0 Å². The second kappa shape index (κ2) is 9.58. The van der Waals surface area contributed by atoms with Gasteiger partial charge in [0.2, 0.25) is 5.82 Å². The fraction of sp³-hybridized carbons (Fsp3) is 0.458. The number of tetrazole rings is 1. The lowest BCUT2D eigenvalue weighted by molar-refractivity contribution is -1.03. The van der Waals surface area contributed by atoms with Crippen LogP contribution < -0.4 is 14.7 Å². The molecule has 3 aromatic rings. The Morgan fingerprint density at radius 2 is 1.61 bits per heavy atom. The molecule has 0 saturated carbocycles. The SMILES string of the molecule is CC(C)n1nnnc1[C@@H](c1ccc(N(C)C)cc1)[NH+]1CC[NH+](Cc2ccccc2)CC1. The zero-order valence-corrected chi connectivity index (χ0v) is 19.1. The van der Waals surface area contributed by atoms with Gasteiger partial charge in [-0.25, -0.2) is 4.68 Å². The van der Waals surface area contributed by atoms with Gasteiger partial charge in [0.25, 0.3) is 0 Å². The van der Waals surface area contributed by atoms with E-state index in [0.717, 1.165) is 38.5 Å². The van der Waals surface area contributed by atoms with E-state index in [0.29, 0.717) is 0 Å². The summed E-state index contributed by atoms with van der Waals surface area (Å²) in [4.78, 5) is 5.33. The third-order valence-corrected chi connectivity index (χ3v) is 6.31. The molecule has 0 amide bonds. The molecule has 1 atom stereocenters. The van der Waals surface area contributed by atoms with Gasteiger partial charge in [0.15, 0.2) is 6.04 Å². The molecule has 1 fully saturated rings. The van der Waals surface area contributed by atoms with Crippen LogP contribution >= 0.6 is 0 Å². The van der Waals surface area contributed by atoms with Crippen LogP contribution in [0.5, 0.6) is 0 Å². The summed E-state index contributed by atoms with van der Waals surface area (Å²) in [5.74, 6) is 0.967. The zero-order valence-electron chi connectivity index (χ0n) is 19.1. The highest BCUT2D eigenvalue weighted by Crippen LogP contribution is 2.22. The summed E-state index contributed by atoms with van der Waals surface area (Å²) in [5, 5.41) is 12.8. The molecule has 2 N–H and O–H groups in total. The van der Waals surface area contributed by atoms with Crippen molar-refractivity contribution < 1.29 is 9.80 Å². The minimum absolute atomic E-state index is 0.145. The molecule has 4 rings (SSSR count). The van der Waals surface area contributed by atoms with Crippen molar-refractivity contribution in [3.63, 3.8) is 0 Å². The van der Waals surface area contributed by atoms with Crippen LogP contribution in [0.4, 0.5) is 5.69 Å². The number of aromatic nitrogens is 4. The molecular formula is C24H35N7+2. The highest BCUT2D eigenvalue weighted by molar-refractivity contribution is 5.46. The number of benzene rings is 2. The molecule has 164 valence electrons. The topological polar surface area (TPSA) is 55.7 Å². The molecule has 1 aliphatic rings. The van der Waals surface area contributed by atoms with Crippen LogP contribution in [0.1, 0.15) is 42.9 Å². The van der Waals surface area contributed by atoms with Gasteiger partial charge in [-0.1, -0.05) is 42.5 Å². The molecule has 1 aromatic heterocycles. The average Bonchev–Trinajstić information content (AvgIpc) is 3.26. The molecule has 7 heteroatoms. The summed E-state index contributed by atoms with van der Waals surface area (Å²) in [6, 6.07) is 20.1. The van der Waals surface area contributed by atoms with Gasteiger partial charge in [0.1, 0.15) is 32.7 Å². The Kier molecular flexibility index (Phi) is 6.63. The van der Waals surface area contributed by atoms with E-state index in [9.17, 15) is 0 Å². The van der Waals surface area contributed by atoms with Crippen LogP contribution in [-0.4, -0.2) is 60.5 Å². The van der Waals surface area contributed by atoms with Crippen LogP contribution in [0.25, 0.3) is 0 Å². The van der Waals surface area contributed by atoms with Crippen molar-refractivity contribution >= 4 is 5.69 Å². The van der Waals surface area contributed by atoms with Gasteiger partial charge in [-0.3, -0.25) is 0 Å². The van der Waals surface area contributed by atoms with Crippen molar-refractivity contribution in [2.45, 2.75) is 32.5 Å². The Morgan fingerprint density at radius 3 is 2.23 bits per heavy atom.